The maximum absolute atomic E-state index is 5.51. The van der Waals surface area contributed by atoms with Gasteiger partial charge in [-0.1, -0.05) is 159 Å². The lowest BCUT2D eigenvalue weighted by atomic mass is 9.94. The van der Waals surface area contributed by atoms with Crippen LogP contribution in [0.5, 0.6) is 0 Å². The lowest BCUT2D eigenvalue weighted by molar-refractivity contribution is 0.789. The molecule has 1 atom stereocenters. The number of para-hydroxylation sites is 1. The minimum absolute atomic E-state index is 0.183. The quantitative estimate of drug-likeness (QED) is 0.175. The van der Waals surface area contributed by atoms with Crippen molar-refractivity contribution in [3.8, 4) is 22.3 Å². The van der Waals surface area contributed by atoms with Crippen molar-refractivity contribution in [3.63, 3.8) is 0 Å². The molecular formula is C49H35N3S. The maximum atomic E-state index is 5.51. The number of hydrogen-bond acceptors (Lipinski definition) is 3. The highest BCUT2D eigenvalue weighted by molar-refractivity contribution is 7.26. The predicted octanol–water partition coefficient (Wildman–Crippen LogP) is 13.3. The molecule has 9 aromatic rings. The summed E-state index contributed by atoms with van der Waals surface area (Å²) >= 11 is 1.87. The van der Waals surface area contributed by atoms with Crippen molar-refractivity contribution >= 4 is 70.7 Å². The van der Waals surface area contributed by atoms with Crippen molar-refractivity contribution in [2.24, 2.45) is 15.9 Å². The summed E-state index contributed by atoms with van der Waals surface area (Å²) in [6.07, 6.45) is 3.12. The number of benzene rings is 7. The molecule has 53 heavy (non-hydrogen) atoms. The van der Waals surface area contributed by atoms with Crippen molar-refractivity contribution in [3.05, 3.63) is 187 Å². The van der Waals surface area contributed by atoms with Gasteiger partial charge in [0.15, 0.2) is 0 Å². The van der Waals surface area contributed by atoms with Gasteiger partial charge in [-0.05, 0) is 64.1 Å². The molecule has 7 aromatic carbocycles. The van der Waals surface area contributed by atoms with Gasteiger partial charge in [0, 0.05) is 36.9 Å². The molecule has 252 valence electrons. The first-order valence-corrected chi connectivity index (χ1v) is 19.0. The van der Waals surface area contributed by atoms with Gasteiger partial charge in [0.1, 0.15) is 0 Å². The Labute approximate surface area is 312 Å². The van der Waals surface area contributed by atoms with Crippen molar-refractivity contribution in [2.75, 3.05) is 0 Å². The highest BCUT2D eigenvalue weighted by Crippen LogP contribution is 2.41. The molecule has 1 aliphatic rings. The SMILES string of the molecule is CC1CC=C(c2ccc(-c3ccccc3)cc2)N=C(n2c3ccccc3c3cc(-c4cccc5c4sc4ccccc45)ccc32)N=C1c1ccccc1. The van der Waals surface area contributed by atoms with Crippen LogP contribution in [0.4, 0.5) is 0 Å². The minimum Gasteiger partial charge on any atom is -0.278 e. The lowest BCUT2D eigenvalue weighted by Gasteiger charge is -2.19. The van der Waals surface area contributed by atoms with E-state index in [1.165, 1.54) is 53.2 Å². The molecule has 0 N–H and O–H groups in total. The van der Waals surface area contributed by atoms with Gasteiger partial charge in [-0.2, -0.15) is 0 Å². The Morgan fingerprint density at radius 1 is 0.509 bits per heavy atom. The first-order valence-electron chi connectivity index (χ1n) is 18.2. The van der Waals surface area contributed by atoms with Crippen LogP contribution >= 0.6 is 11.3 Å². The van der Waals surface area contributed by atoms with Gasteiger partial charge in [-0.3, -0.25) is 4.57 Å². The average Bonchev–Trinajstić information content (AvgIpc) is 3.76. The molecule has 0 spiro atoms. The zero-order chi connectivity index (χ0) is 35.3. The van der Waals surface area contributed by atoms with Crippen molar-refractivity contribution < 1.29 is 0 Å². The van der Waals surface area contributed by atoms with Crippen molar-refractivity contribution in [1.29, 1.82) is 0 Å². The van der Waals surface area contributed by atoms with Crippen LogP contribution < -0.4 is 0 Å². The Kier molecular flexibility index (Phi) is 7.70. The van der Waals surface area contributed by atoms with Crippen molar-refractivity contribution in [1.82, 2.24) is 4.57 Å². The van der Waals surface area contributed by atoms with E-state index in [-0.39, 0.29) is 5.92 Å². The fourth-order valence-electron chi connectivity index (χ4n) is 7.83. The predicted molar refractivity (Wildman–Crippen MR) is 227 cm³/mol. The van der Waals surface area contributed by atoms with E-state index in [2.05, 4.69) is 187 Å². The smallest absolute Gasteiger partial charge is 0.235 e. The number of rotatable bonds is 4. The van der Waals surface area contributed by atoms with E-state index in [1.54, 1.807) is 0 Å². The van der Waals surface area contributed by atoms with Gasteiger partial charge in [-0.15, -0.1) is 11.3 Å². The molecule has 0 aliphatic carbocycles. The van der Waals surface area contributed by atoms with Gasteiger partial charge in [0.05, 0.1) is 22.4 Å². The molecule has 3 heterocycles. The summed E-state index contributed by atoms with van der Waals surface area (Å²) in [7, 11) is 0. The second-order valence-corrected chi connectivity index (χ2v) is 14.9. The topological polar surface area (TPSA) is 29.6 Å². The number of fused-ring (bicyclic) bond motifs is 6. The summed E-state index contributed by atoms with van der Waals surface area (Å²) in [5.74, 6) is 0.849. The van der Waals surface area contributed by atoms with E-state index in [9.17, 15) is 0 Å². The summed E-state index contributed by atoms with van der Waals surface area (Å²) in [5, 5.41) is 4.99. The van der Waals surface area contributed by atoms with Gasteiger partial charge < -0.3 is 0 Å². The van der Waals surface area contributed by atoms with E-state index in [0.29, 0.717) is 5.96 Å². The number of nitrogens with zero attached hydrogens (tertiary/aromatic N) is 3. The van der Waals surface area contributed by atoms with Crippen LogP contribution in [0.15, 0.2) is 186 Å². The van der Waals surface area contributed by atoms with Crippen LogP contribution in [-0.2, 0) is 0 Å². The summed E-state index contributed by atoms with van der Waals surface area (Å²) < 4.78 is 4.90. The molecule has 4 heteroatoms. The average molecular weight is 698 g/mol. The Morgan fingerprint density at radius 3 is 1.94 bits per heavy atom. The number of aromatic nitrogens is 1. The Hall–Kier alpha value is -6.36. The van der Waals surface area contributed by atoms with Gasteiger partial charge in [-0.25, -0.2) is 9.98 Å². The molecule has 0 saturated carbocycles. The van der Waals surface area contributed by atoms with Gasteiger partial charge >= 0.3 is 0 Å². The van der Waals surface area contributed by atoms with E-state index in [0.717, 1.165) is 40.0 Å². The fourth-order valence-corrected chi connectivity index (χ4v) is 9.07. The van der Waals surface area contributed by atoms with E-state index in [4.69, 9.17) is 9.98 Å². The molecule has 10 rings (SSSR count). The second kappa shape index (κ2) is 13.0. The minimum atomic E-state index is 0.183. The van der Waals surface area contributed by atoms with Gasteiger partial charge in [0.2, 0.25) is 5.96 Å². The summed E-state index contributed by atoms with van der Waals surface area (Å²) in [6, 6.07) is 60.8. The highest BCUT2D eigenvalue weighted by Gasteiger charge is 2.22. The van der Waals surface area contributed by atoms with Crippen LogP contribution in [0.1, 0.15) is 24.5 Å². The highest BCUT2D eigenvalue weighted by atomic mass is 32.1. The van der Waals surface area contributed by atoms with Crippen LogP contribution in [0.2, 0.25) is 0 Å². The molecule has 1 aliphatic heterocycles. The number of aliphatic imine (C=N–C) groups is 2. The van der Waals surface area contributed by atoms with Crippen LogP contribution in [-0.4, -0.2) is 16.2 Å². The van der Waals surface area contributed by atoms with Crippen LogP contribution in [0.3, 0.4) is 0 Å². The molecule has 2 aromatic heterocycles. The van der Waals surface area contributed by atoms with Crippen molar-refractivity contribution in [2.45, 2.75) is 13.3 Å². The fraction of sp³-hybridized carbons (Fsp3) is 0.0612. The van der Waals surface area contributed by atoms with E-state index >= 15 is 0 Å². The molecule has 0 amide bonds. The third-order valence-corrected chi connectivity index (χ3v) is 11.7. The Morgan fingerprint density at radius 2 is 1.13 bits per heavy atom. The number of allylic oxidation sites excluding steroid dienone is 1. The zero-order valence-electron chi connectivity index (χ0n) is 29.3. The molecule has 0 bridgehead atoms. The number of hydrogen-bond donors (Lipinski definition) is 0. The van der Waals surface area contributed by atoms with Gasteiger partial charge in [0.25, 0.3) is 0 Å². The normalized spacial score (nSPS) is 15.0. The maximum Gasteiger partial charge on any atom is 0.235 e. The molecule has 0 fully saturated rings. The van der Waals surface area contributed by atoms with Crippen LogP contribution in [0.25, 0.3) is 69.9 Å². The molecular weight excluding hydrogens is 663 g/mol. The first kappa shape index (κ1) is 31.4. The monoisotopic (exact) mass is 697 g/mol. The standard InChI is InChI=1S/C49H35N3S/c1-32-23-29-43(35-26-24-34(25-27-35)33-13-4-2-5-14-33)50-49(51-47(32)36-15-6-3-7-16-36)52-44-21-10-8-17-39(44)42-31-37(28-30-45(42)52)38-19-12-20-41-40-18-9-11-22-46(40)53-48(38)41/h2-22,24-32H,23H2,1H3. The Balaban J connectivity index is 1.17. The van der Waals surface area contributed by atoms with E-state index < -0.39 is 0 Å². The molecule has 0 saturated heterocycles. The third-order valence-electron chi connectivity index (χ3n) is 10.5. The van der Waals surface area contributed by atoms with E-state index in [1.807, 2.05) is 11.3 Å². The molecule has 3 nitrogen and oxygen atoms in total. The second-order valence-electron chi connectivity index (χ2n) is 13.8. The molecule has 1 unspecified atom stereocenters. The zero-order valence-corrected chi connectivity index (χ0v) is 30.1. The largest absolute Gasteiger partial charge is 0.278 e. The first-order chi connectivity index (χ1) is 26.2. The summed E-state index contributed by atoms with van der Waals surface area (Å²) in [6.45, 7) is 2.27. The third kappa shape index (κ3) is 5.51. The summed E-state index contributed by atoms with van der Waals surface area (Å²) in [4.78, 5) is 11.0. The lowest BCUT2D eigenvalue weighted by Crippen LogP contribution is -2.20. The van der Waals surface area contributed by atoms with Crippen LogP contribution in [0, 0.1) is 5.92 Å². The molecule has 0 radical (unpaired) electrons. The Bertz CT molecular complexity index is 2910. The summed E-state index contributed by atoms with van der Waals surface area (Å²) in [5.41, 5.74) is 11.2. The number of thiophene rings is 1.